The van der Waals surface area contributed by atoms with Gasteiger partial charge in [-0.3, -0.25) is 0 Å². The van der Waals surface area contributed by atoms with Crippen molar-refractivity contribution in [1.82, 2.24) is 20.3 Å². The Balaban J connectivity index is 1.92. The summed E-state index contributed by atoms with van der Waals surface area (Å²) in [6.07, 6.45) is 1.93. The molecule has 0 radical (unpaired) electrons. The molecule has 0 atom stereocenters. The van der Waals surface area contributed by atoms with E-state index in [9.17, 15) is 0 Å². The standard InChI is InChI=1S/C12H16N4O/c1-17-8-7-13-9-11-10-16(15-14-11)12-5-3-2-4-6-12/h2-6,10,13H,7-9H2,1H3. The molecule has 2 rings (SSSR count). The van der Waals surface area contributed by atoms with Gasteiger partial charge in [-0.05, 0) is 12.1 Å². The highest BCUT2D eigenvalue weighted by Crippen LogP contribution is 2.05. The van der Waals surface area contributed by atoms with Crippen molar-refractivity contribution in [1.29, 1.82) is 0 Å². The maximum atomic E-state index is 4.95. The summed E-state index contributed by atoms with van der Waals surface area (Å²) in [5, 5.41) is 11.4. The number of nitrogens with one attached hydrogen (secondary N) is 1. The predicted molar refractivity (Wildman–Crippen MR) is 64.9 cm³/mol. The summed E-state index contributed by atoms with van der Waals surface area (Å²) < 4.78 is 6.72. The Hall–Kier alpha value is -1.72. The van der Waals surface area contributed by atoms with E-state index in [2.05, 4.69) is 15.6 Å². The van der Waals surface area contributed by atoms with Gasteiger partial charge in [-0.15, -0.1) is 5.10 Å². The lowest BCUT2D eigenvalue weighted by molar-refractivity contribution is 0.199. The van der Waals surface area contributed by atoms with Gasteiger partial charge in [0.1, 0.15) is 0 Å². The van der Waals surface area contributed by atoms with E-state index in [0.29, 0.717) is 13.2 Å². The van der Waals surface area contributed by atoms with Crippen molar-refractivity contribution >= 4 is 0 Å². The largest absolute Gasteiger partial charge is 0.383 e. The molecular weight excluding hydrogens is 216 g/mol. The SMILES string of the molecule is COCCNCc1cn(-c2ccccc2)nn1. The lowest BCUT2D eigenvalue weighted by Gasteiger charge is -2.00. The van der Waals surface area contributed by atoms with Crippen LogP contribution in [-0.2, 0) is 11.3 Å². The highest BCUT2D eigenvalue weighted by molar-refractivity contribution is 5.29. The molecule has 90 valence electrons. The van der Waals surface area contributed by atoms with Crippen LogP contribution in [0.25, 0.3) is 5.69 Å². The molecule has 0 saturated heterocycles. The van der Waals surface area contributed by atoms with Crippen LogP contribution >= 0.6 is 0 Å². The highest BCUT2D eigenvalue weighted by atomic mass is 16.5. The summed E-state index contributed by atoms with van der Waals surface area (Å²) in [5.41, 5.74) is 1.94. The van der Waals surface area contributed by atoms with Gasteiger partial charge < -0.3 is 10.1 Å². The summed E-state index contributed by atoms with van der Waals surface area (Å²) in [6, 6.07) is 9.93. The fraction of sp³-hybridized carbons (Fsp3) is 0.333. The van der Waals surface area contributed by atoms with Crippen LogP contribution in [0.4, 0.5) is 0 Å². The second kappa shape index (κ2) is 6.12. The van der Waals surface area contributed by atoms with Crippen molar-refractivity contribution in [2.24, 2.45) is 0 Å². The smallest absolute Gasteiger partial charge is 0.0969 e. The number of benzene rings is 1. The molecule has 1 aromatic heterocycles. The Morgan fingerprint density at radius 1 is 1.29 bits per heavy atom. The molecule has 2 aromatic rings. The van der Waals surface area contributed by atoms with Crippen molar-refractivity contribution in [2.75, 3.05) is 20.3 Å². The average Bonchev–Trinajstić information content (AvgIpc) is 2.85. The number of rotatable bonds is 6. The van der Waals surface area contributed by atoms with E-state index in [1.54, 1.807) is 11.8 Å². The van der Waals surface area contributed by atoms with Crippen LogP contribution in [0.15, 0.2) is 36.5 Å². The number of hydrogen-bond donors (Lipinski definition) is 1. The molecule has 0 fully saturated rings. The molecule has 5 nitrogen and oxygen atoms in total. The molecule has 0 amide bonds. The molecule has 1 N–H and O–H groups in total. The van der Waals surface area contributed by atoms with Gasteiger partial charge in [-0.25, -0.2) is 4.68 Å². The minimum atomic E-state index is 0.701. The molecule has 0 bridgehead atoms. The summed E-state index contributed by atoms with van der Waals surface area (Å²) in [6.45, 7) is 2.22. The van der Waals surface area contributed by atoms with Gasteiger partial charge >= 0.3 is 0 Å². The average molecular weight is 232 g/mol. The maximum absolute atomic E-state index is 4.95. The van der Waals surface area contributed by atoms with E-state index in [1.165, 1.54) is 0 Å². The van der Waals surface area contributed by atoms with E-state index < -0.39 is 0 Å². The van der Waals surface area contributed by atoms with Crippen LogP contribution < -0.4 is 5.32 Å². The van der Waals surface area contributed by atoms with Crippen molar-refractivity contribution in [3.8, 4) is 5.69 Å². The Labute approximate surface area is 100 Å². The first kappa shape index (κ1) is 11.8. The molecule has 0 saturated carbocycles. The molecule has 5 heteroatoms. The van der Waals surface area contributed by atoms with Crippen LogP contribution in [0.1, 0.15) is 5.69 Å². The molecular formula is C12H16N4O. The molecule has 1 heterocycles. The van der Waals surface area contributed by atoms with Crippen LogP contribution in [0.5, 0.6) is 0 Å². The fourth-order valence-corrected chi connectivity index (χ4v) is 1.48. The summed E-state index contributed by atoms with van der Waals surface area (Å²) in [4.78, 5) is 0. The van der Waals surface area contributed by atoms with Crippen molar-refractivity contribution in [3.05, 3.63) is 42.2 Å². The quantitative estimate of drug-likeness (QED) is 0.755. The Morgan fingerprint density at radius 3 is 2.88 bits per heavy atom. The van der Waals surface area contributed by atoms with Crippen molar-refractivity contribution in [2.45, 2.75) is 6.54 Å². The van der Waals surface area contributed by atoms with Crippen molar-refractivity contribution < 1.29 is 4.74 Å². The van der Waals surface area contributed by atoms with Crippen LogP contribution in [0.2, 0.25) is 0 Å². The first-order valence-electron chi connectivity index (χ1n) is 5.56. The molecule has 0 aliphatic carbocycles. The molecule has 0 aliphatic heterocycles. The van der Waals surface area contributed by atoms with Crippen LogP contribution in [0, 0.1) is 0 Å². The Kier molecular flexibility index (Phi) is 4.23. The second-order valence-electron chi connectivity index (χ2n) is 3.66. The number of para-hydroxylation sites is 1. The zero-order valence-corrected chi connectivity index (χ0v) is 9.84. The number of hydrogen-bond acceptors (Lipinski definition) is 4. The zero-order valence-electron chi connectivity index (χ0n) is 9.84. The fourth-order valence-electron chi connectivity index (χ4n) is 1.48. The first-order valence-corrected chi connectivity index (χ1v) is 5.56. The normalized spacial score (nSPS) is 10.6. The summed E-state index contributed by atoms with van der Waals surface area (Å²) in [5.74, 6) is 0. The number of methoxy groups -OCH3 is 1. The van der Waals surface area contributed by atoms with Gasteiger partial charge in [0.25, 0.3) is 0 Å². The summed E-state index contributed by atoms with van der Waals surface area (Å²) >= 11 is 0. The van der Waals surface area contributed by atoms with Gasteiger partial charge in [0.15, 0.2) is 0 Å². The number of ether oxygens (including phenoxy) is 1. The van der Waals surface area contributed by atoms with E-state index in [0.717, 1.165) is 17.9 Å². The third-order valence-corrected chi connectivity index (χ3v) is 2.35. The Bertz CT molecular complexity index is 441. The van der Waals surface area contributed by atoms with Gasteiger partial charge in [-0.1, -0.05) is 23.4 Å². The van der Waals surface area contributed by atoms with Crippen LogP contribution in [-0.4, -0.2) is 35.3 Å². The molecule has 1 aromatic carbocycles. The van der Waals surface area contributed by atoms with Gasteiger partial charge in [0, 0.05) is 20.2 Å². The molecule has 0 aliphatic rings. The van der Waals surface area contributed by atoms with Crippen molar-refractivity contribution in [3.63, 3.8) is 0 Å². The summed E-state index contributed by atoms with van der Waals surface area (Å²) in [7, 11) is 1.69. The van der Waals surface area contributed by atoms with Gasteiger partial charge in [0.05, 0.1) is 24.2 Å². The third kappa shape index (κ3) is 3.37. The topological polar surface area (TPSA) is 52.0 Å². The monoisotopic (exact) mass is 232 g/mol. The minimum absolute atomic E-state index is 0.701. The van der Waals surface area contributed by atoms with E-state index in [-0.39, 0.29) is 0 Å². The highest BCUT2D eigenvalue weighted by Gasteiger charge is 2.01. The predicted octanol–water partition coefficient (Wildman–Crippen LogP) is 1.00. The maximum Gasteiger partial charge on any atom is 0.0969 e. The first-order chi connectivity index (χ1) is 8.40. The zero-order chi connectivity index (χ0) is 11.9. The molecule has 0 unspecified atom stereocenters. The lowest BCUT2D eigenvalue weighted by atomic mass is 10.3. The number of nitrogens with zero attached hydrogens (tertiary/aromatic N) is 3. The Morgan fingerprint density at radius 2 is 2.12 bits per heavy atom. The molecule has 0 spiro atoms. The van der Waals surface area contributed by atoms with Crippen LogP contribution in [0.3, 0.4) is 0 Å². The minimum Gasteiger partial charge on any atom is -0.383 e. The lowest BCUT2D eigenvalue weighted by Crippen LogP contribution is -2.18. The van der Waals surface area contributed by atoms with E-state index in [1.807, 2.05) is 36.5 Å². The number of aromatic nitrogens is 3. The third-order valence-electron chi connectivity index (χ3n) is 2.35. The van der Waals surface area contributed by atoms with E-state index >= 15 is 0 Å². The van der Waals surface area contributed by atoms with E-state index in [4.69, 9.17) is 4.74 Å². The second-order valence-corrected chi connectivity index (χ2v) is 3.66. The van der Waals surface area contributed by atoms with Gasteiger partial charge in [0.2, 0.25) is 0 Å². The molecule has 17 heavy (non-hydrogen) atoms. The van der Waals surface area contributed by atoms with Gasteiger partial charge in [-0.2, -0.15) is 0 Å².